The van der Waals surface area contributed by atoms with Gasteiger partial charge in [-0.15, -0.1) is 0 Å². The third-order valence-electron chi connectivity index (χ3n) is 0.163. The summed E-state index contributed by atoms with van der Waals surface area (Å²) in [5, 5.41) is 0. The molecule has 34 valence electrons. The summed E-state index contributed by atoms with van der Waals surface area (Å²) in [6, 6.07) is 0. The summed E-state index contributed by atoms with van der Waals surface area (Å²) in [6.45, 7) is 3.29. The summed E-state index contributed by atoms with van der Waals surface area (Å²) in [6.07, 6.45) is 1.33. The van der Waals surface area contributed by atoms with Crippen molar-refractivity contribution in [3.63, 3.8) is 0 Å². The molecule has 0 aliphatic heterocycles. The van der Waals surface area contributed by atoms with Crippen molar-refractivity contribution in [3.05, 3.63) is 12.8 Å². The summed E-state index contributed by atoms with van der Waals surface area (Å²) in [5.41, 5.74) is 0. The lowest BCUT2D eigenvalue weighted by molar-refractivity contribution is 0.576. The van der Waals surface area contributed by atoms with E-state index in [4.69, 9.17) is 0 Å². The molecule has 0 unspecified atom stereocenters. The van der Waals surface area contributed by atoms with Crippen molar-refractivity contribution in [2.24, 2.45) is 0 Å². The molecule has 1 nitrogen and oxygen atoms in total. The fourth-order valence-corrected chi connectivity index (χ4v) is 0.322. The minimum absolute atomic E-state index is 1.08. The molecular formula is C3H4OS2. The quantitative estimate of drug-likeness (QED) is 0.243. The molecule has 0 bridgehead atoms. The first-order chi connectivity index (χ1) is 2.91. The van der Waals surface area contributed by atoms with E-state index in [0.717, 1.165) is 12.0 Å². The van der Waals surface area contributed by atoms with E-state index in [2.05, 4.69) is 23.0 Å². The Hall–Kier alpha value is -0.0200. The lowest BCUT2D eigenvalue weighted by Gasteiger charge is -1.82. The predicted octanol–water partition coefficient (Wildman–Crippen LogP) is 1.75. The molecule has 0 fully saturated rings. The van der Waals surface area contributed by atoms with Crippen LogP contribution in [0, 0.1) is 0 Å². The molecule has 0 saturated carbocycles. The van der Waals surface area contributed by atoms with Crippen molar-refractivity contribution in [3.8, 4) is 0 Å². The highest BCUT2D eigenvalue weighted by atomic mass is 32.2. The van der Waals surface area contributed by atoms with Crippen LogP contribution in [-0.2, 0) is 4.18 Å². The van der Waals surface area contributed by atoms with E-state index >= 15 is 0 Å². The lowest BCUT2D eigenvalue weighted by Crippen LogP contribution is -1.56. The van der Waals surface area contributed by atoms with Gasteiger partial charge < -0.3 is 4.18 Å². The molecule has 0 radical (unpaired) electrons. The van der Waals surface area contributed by atoms with E-state index in [9.17, 15) is 0 Å². The molecule has 0 atom stereocenters. The maximum absolute atomic E-state index is 4.50. The van der Waals surface area contributed by atoms with E-state index in [1.807, 2.05) is 0 Å². The largest absolute Gasteiger partial charge is 0.429 e. The van der Waals surface area contributed by atoms with Gasteiger partial charge in [-0.2, -0.15) is 0 Å². The molecule has 6 heavy (non-hydrogen) atoms. The highest BCUT2D eigenvalue weighted by molar-refractivity contribution is 8.17. The Morgan fingerprint density at radius 2 is 2.50 bits per heavy atom. The molecule has 0 aromatic rings. The highest BCUT2D eigenvalue weighted by Crippen LogP contribution is 1.94. The fourth-order valence-electron chi connectivity index (χ4n) is 0.0620. The number of rotatable bonds is 3. The van der Waals surface area contributed by atoms with Crippen molar-refractivity contribution in [2.45, 2.75) is 0 Å². The molecule has 0 heterocycles. The maximum Gasteiger partial charge on any atom is 0.0950 e. The van der Waals surface area contributed by atoms with Crippen LogP contribution in [0.3, 0.4) is 0 Å². The third-order valence-corrected chi connectivity index (χ3v) is 0.724. The van der Waals surface area contributed by atoms with Crippen LogP contribution in [0.25, 0.3) is 0 Å². The van der Waals surface area contributed by atoms with E-state index in [1.54, 1.807) is 0 Å². The Kier molecular flexibility index (Phi) is 4.96. The average Bonchev–Trinajstić information content (AvgIpc) is 1.61. The average molecular weight is 120 g/mol. The SMILES string of the molecule is C=COSC=S. The number of hydrogen-bond acceptors (Lipinski definition) is 3. The Labute approximate surface area is 46.6 Å². The lowest BCUT2D eigenvalue weighted by atomic mass is 11.2. The molecule has 3 heteroatoms. The highest BCUT2D eigenvalue weighted by Gasteiger charge is 1.65. The minimum atomic E-state index is 1.08. The summed E-state index contributed by atoms with van der Waals surface area (Å²) in [5.74, 6) is 0. The topological polar surface area (TPSA) is 9.23 Å². The van der Waals surface area contributed by atoms with E-state index in [0.29, 0.717) is 0 Å². The summed E-state index contributed by atoms with van der Waals surface area (Å²) < 4.78 is 5.92. The van der Waals surface area contributed by atoms with Crippen molar-refractivity contribution in [1.29, 1.82) is 0 Å². The van der Waals surface area contributed by atoms with Gasteiger partial charge in [0, 0.05) is 0 Å². The Morgan fingerprint density at radius 1 is 1.83 bits per heavy atom. The van der Waals surface area contributed by atoms with Crippen LogP contribution in [0.2, 0.25) is 0 Å². The van der Waals surface area contributed by atoms with Crippen molar-refractivity contribution < 1.29 is 4.18 Å². The predicted molar refractivity (Wildman–Crippen MR) is 32.5 cm³/mol. The first kappa shape index (κ1) is 5.98. The van der Waals surface area contributed by atoms with E-state index < -0.39 is 0 Å². The zero-order chi connectivity index (χ0) is 4.83. The standard InChI is InChI=1S/C3H4OS2/c1-2-4-6-3-5/h2-3H,1H2. The zero-order valence-electron chi connectivity index (χ0n) is 3.09. The van der Waals surface area contributed by atoms with E-state index in [1.165, 1.54) is 11.0 Å². The van der Waals surface area contributed by atoms with Gasteiger partial charge in [-0.3, -0.25) is 0 Å². The molecule has 0 rings (SSSR count). The third kappa shape index (κ3) is 3.98. The van der Waals surface area contributed by atoms with Gasteiger partial charge in [-0.05, 0) is 0 Å². The van der Waals surface area contributed by atoms with E-state index in [-0.39, 0.29) is 0 Å². The second kappa shape index (κ2) is 4.98. The van der Waals surface area contributed by atoms with Crippen molar-refractivity contribution >= 4 is 29.0 Å². The van der Waals surface area contributed by atoms with Gasteiger partial charge in [0.25, 0.3) is 0 Å². The van der Waals surface area contributed by atoms with Crippen LogP contribution >= 0.6 is 24.3 Å². The number of hydrogen-bond donors (Lipinski definition) is 0. The first-order valence-corrected chi connectivity index (χ1v) is 2.56. The van der Waals surface area contributed by atoms with Gasteiger partial charge in [-0.25, -0.2) is 0 Å². The Balaban J connectivity index is 2.66. The van der Waals surface area contributed by atoms with Crippen LogP contribution in [0.4, 0.5) is 0 Å². The van der Waals surface area contributed by atoms with Crippen LogP contribution < -0.4 is 0 Å². The molecular weight excluding hydrogens is 116 g/mol. The fraction of sp³-hybridized carbons (Fsp3) is 0. The van der Waals surface area contributed by atoms with Crippen molar-refractivity contribution in [2.75, 3.05) is 0 Å². The zero-order valence-corrected chi connectivity index (χ0v) is 4.72. The summed E-state index contributed by atoms with van der Waals surface area (Å²) in [4.78, 5) is 0. The monoisotopic (exact) mass is 120 g/mol. The van der Waals surface area contributed by atoms with Gasteiger partial charge in [0.15, 0.2) is 0 Å². The molecule has 0 N–H and O–H groups in total. The van der Waals surface area contributed by atoms with Crippen LogP contribution in [0.5, 0.6) is 0 Å². The molecule has 0 aromatic heterocycles. The van der Waals surface area contributed by atoms with Crippen LogP contribution in [0.15, 0.2) is 12.8 Å². The smallest absolute Gasteiger partial charge is 0.0950 e. The molecule has 0 saturated heterocycles. The normalized spacial score (nSPS) is 6.67. The van der Waals surface area contributed by atoms with Crippen molar-refractivity contribution in [1.82, 2.24) is 0 Å². The Morgan fingerprint density at radius 3 is 2.67 bits per heavy atom. The number of thiocarbonyl (C=S) groups is 1. The minimum Gasteiger partial charge on any atom is -0.429 e. The molecule has 0 aliphatic carbocycles. The second-order valence-corrected chi connectivity index (χ2v) is 1.61. The summed E-state index contributed by atoms with van der Waals surface area (Å²) in [7, 11) is 0. The molecule has 0 amide bonds. The van der Waals surface area contributed by atoms with Gasteiger partial charge in [0.05, 0.1) is 23.0 Å². The summed E-state index contributed by atoms with van der Waals surface area (Å²) >= 11 is 5.46. The van der Waals surface area contributed by atoms with Gasteiger partial charge >= 0.3 is 0 Å². The van der Waals surface area contributed by atoms with Crippen LogP contribution in [0.1, 0.15) is 0 Å². The van der Waals surface area contributed by atoms with Gasteiger partial charge in [0.2, 0.25) is 0 Å². The maximum atomic E-state index is 4.50. The van der Waals surface area contributed by atoms with Gasteiger partial charge in [0.1, 0.15) is 0 Å². The molecule has 0 spiro atoms. The molecule has 0 aliphatic rings. The van der Waals surface area contributed by atoms with Crippen LogP contribution in [-0.4, -0.2) is 4.70 Å². The first-order valence-electron chi connectivity index (χ1n) is 1.28. The Bertz CT molecular complexity index is 44.8. The molecule has 0 aromatic carbocycles. The second-order valence-electron chi connectivity index (χ2n) is 0.455. The van der Waals surface area contributed by atoms with Gasteiger partial charge in [-0.1, -0.05) is 18.8 Å².